The molecule has 84 valence electrons. The van der Waals surface area contributed by atoms with E-state index in [0.29, 0.717) is 18.6 Å². The Kier molecular flexibility index (Phi) is 4.98. The molecule has 3 nitrogen and oxygen atoms in total. The molecule has 0 radical (unpaired) electrons. The van der Waals surface area contributed by atoms with Gasteiger partial charge in [0.25, 0.3) is 0 Å². The molecule has 1 atom stereocenters. The van der Waals surface area contributed by atoms with Gasteiger partial charge in [-0.2, -0.15) is 0 Å². The minimum atomic E-state index is -0.393. The molecule has 1 rings (SSSR count). The SMILES string of the molecule is COCC(Cc1cccc(Cl)c1F)NN. The van der Waals surface area contributed by atoms with Crippen LogP contribution < -0.4 is 11.3 Å². The first kappa shape index (κ1) is 12.4. The van der Waals surface area contributed by atoms with Gasteiger partial charge in [-0.25, -0.2) is 4.39 Å². The molecule has 0 saturated carbocycles. The molecule has 15 heavy (non-hydrogen) atoms. The first-order valence-corrected chi connectivity index (χ1v) is 4.94. The minimum absolute atomic E-state index is 0.122. The predicted octanol–water partition coefficient (Wildman–Crippen LogP) is 1.50. The molecule has 1 unspecified atom stereocenters. The lowest BCUT2D eigenvalue weighted by Crippen LogP contribution is -2.40. The number of halogens is 2. The zero-order valence-electron chi connectivity index (χ0n) is 8.47. The van der Waals surface area contributed by atoms with Gasteiger partial charge in [0.1, 0.15) is 5.82 Å². The summed E-state index contributed by atoms with van der Waals surface area (Å²) in [6.07, 6.45) is 0.441. The zero-order chi connectivity index (χ0) is 11.3. The standard InChI is InChI=1S/C10H14ClFN2O/c1-15-6-8(14-13)5-7-3-2-4-9(11)10(7)12/h2-4,8,14H,5-6,13H2,1H3. The van der Waals surface area contributed by atoms with Crippen LogP contribution in [0, 0.1) is 5.82 Å². The van der Waals surface area contributed by atoms with Crippen LogP contribution in [-0.2, 0) is 11.2 Å². The Balaban J connectivity index is 2.74. The quantitative estimate of drug-likeness (QED) is 0.598. The summed E-state index contributed by atoms with van der Waals surface area (Å²) < 4.78 is 18.4. The number of methoxy groups -OCH3 is 1. The van der Waals surface area contributed by atoms with Crippen molar-refractivity contribution in [1.29, 1.82) is 0 Å². The fourth-order valence-electron chi connectivity index (χ4n) is 1.34. The molecule has 1 aromatic carbocycles. The highest BCUT2D eigenvalue weighted by atomic mass is 35.5. The number of hydrogen-bond acceptors (Lipinski definition) is 3. The number of ether oxygens (including phenoxy) is 1. The molecular weight excluding hydrogens is 219 g/mol. The lowest BCUT2D eigenvalue weighted by Gasteiger charge is -2.15. The maximum absolute atomic E-state index is 13.5. The lowest BCUT2D eigenvalue weighted by molar-refractivity contribution is 0.166. The molecule has 0 aliphatic heterocycles. The Morgan fingerprint density at radius 1 is 1.60 bits per heavy atom. The highest BCUT2D eigenvalue weighted by molar-refractivity contribution is 6.30. The van der Waals surface area contributed by atoms with Crippen LogP contribution in [-0.4, -0.2) is 19.8 Å². The average Bonchev–Trinajstić information content (AvgIpc) is 2.24. The summed E-state index contributed by atoms with van der Waals surface area (Å²) in [5, 5.41) is 0.126. The van der Waals surface area contributed by atoms with Gasteiger partial charge in [0.2, 0.25) is 0 Å². The topological polar surface area (TPSA) is 47.3 Å². The predicted molar refractivity (Wildman–Crippen MR) is 58.1 cm³/mol. The van der Waals surface area contributed by atoms with Crippen molar-refractivity contribution in [2.75, 3.05) is 13.7 Å². The average molecular weight is 233 g/mol. The van der Waals surface area contributed by atoms with Crippen LogP contribution in [0.3, 0.4) is 0 Å². The van der Waals surface area contributed by atoms with Gasteiger partial charge in [0, 0.05) is 13.2 Å². The van der Waals surface area contributed by atoms with Crippen molar-refractivity contribution in [2.45, 2.75) is 12.5 Å². The van der Waals surface area contributed by atoms with E-state index in [0.717, 1.165) is 0 Å². The molecule has 3 N–H and O–H groups in total. The van der Waals surface area contributed by atoms with E-state index in [1.165, 1.54) is 6.07 Å². The third-order valence-electron chi connectivity index (χ3n) is 2.10. The van der Waals surface area contributed by atoms with Crippen LogP contribution in [0.25, 0.3) is 0 Å². The van der Waals surface area contributed by atoms with Gasteiger partial charge in [0.15, 0.2) is 0 Å². The van der Waals surface area contributed by atoms with E-state index in [9.17, 15) is 4.39 Å². The van der Waals surface area contributed by atoms with E-state index in [4.69, 9.17) is 22.2 Å². The van der Waals surface area contributed by atoms with Crippen molar-refractivity contribution in [3.8, 4) is 0 Å². The van der Waals surface area contributed by atoms with Gasteiger partial charge in [-0.15, -0.1) is 0 Å². The van der Waals surface area contributed by atoms with Gasteiger partial charge < -0.3 is 4.74 Å². The molecular formula is C10H14ClFN2O. The monoisotopic (exact) mass is 232 g/mol. The molecule has 0 saturated heterocycles. The zero-order valence-corrected chi connectivity index (χ0v) is 9.22. The van der Waals surface area contributed by atoms with Crippen molar-refractivity contribution >= 4 is 11.6 Å². The molecule has 5 heteroatoms. The van der Waals surface area contributed by atoms with Gasteiger partial charge in [-0.05, 0) is 18.1 Å². The Hall–Kier alpha value is -0.680. The highest BCUT2D eigenvalue weighted by Crippen LogP contribution is 2.18. The van der Waals surface area contributed by atoms with Crippen LogP contribution in [0.1, 0.15) is 5.56 Å². The summed E-state index contributed by atoms with van der Waals surface area (Å²) in [6.45, 7) is 0.419. The largest absolute Gasteiger partial charge is 0.383 e. The van der Waals surface area contributed by atoms with Crippen LogP contribution in [0.2, 0.25) is 5.02 Å². The molecule has 0 bridgehead atoms. The minimum Gasteiger partial charge on any atom is -0.383 e. The third kappa shape index (κ3) is 3.43. The van der Waals surface area contributed by atoms with E-state index < -0.39 is 5.82 Å². The first-order valence-electron chi connectivity index (χ1n) is 4.57. The lowest BCUT2D eigenvalue weighted by atomic mass is 10.1. The number of nitrogens with one attached hydrogen (secondary N) is 1. The van der Waals surface area contributed by atoms with Crippen LogP contribution in [0.15, 0.2) is 18.2 Å². The molecule has 0 aromatic heterocycles. The van der Waals surface area contributed by atoms with Crippen molar-refractivity contribution < 1.29 is 9.13 Å². The highest BCUT2D eigenvalue weighted by Gasteiger charge is 2.12. The summed E-state index contributed by atoms with van der Waals surface area (Å²) in [5.41, 5.74) is 3.09. The summed E-state index contributed by atoms with van der Waals surface area (Å²) in [4.78, 5) is 0. The van der Waals surface area contributed by atoms with E-state index >= 15 is 0 Å². The summed E-state index contributed by atoms with van der Waals surface area (Å²) >= 11 is 5.66. The van der Waals surface area contributed by atoms with Gasteiger partial charge >= 0.3 is 0 Å². The second-order valence-corrected chi connectivity index (χ2v) is 3.64. The van der Waals surface area contributed by atoms with Gasteiger partial charge in [-0.1, -0.05) is 23.7 Å². The maximum atomic E-state index is 13.5. The molecule has 0 heterocycles. The van der Waals surface area contributed by atoms with Crippen LogP contribution in [0.5, 0.6) is 0 Å². The number of hydrogen-bond donors (Lipinski definition) is 2. The molecule has 0 spiro atoms. The van der Waals surface area contributed by atoms with Gasteiger partial charge in [-0.3, -0.25) is 11.3 Å². The Bertz CT molecular complexity index is 322. The van der Waals surface area contributed by atoms with E-state index in [1.54, 1.807) is 19.2 Å². The van der Waals surface area contributed by atoms with Crippen LogP contribution >= 0.6 is 11.6 Å². The second kappa shape index (κ2) is 6.02. The van der Waals surface area contributed by atoms with E-state index in [2.05, 4.69) is 5.43 Å². The Morgan fingerprint density at radius 2 is 2.33 bits per heavy atom. The Morgan fingerprint density at radius 3 is 2.93 bits per heavy atom. The number of rotatable bonds is 5. The molecule has 0 amide bonds. The molecule has 1 aromatic rings. The maximum Gasteiger partial charge on any atom is 0.145 e. The fourth-order valence-corrected chi connectivity index (χ4v) is 1.53. The van der Waals surface area contributed by atoms with Crippen molar-refractivity contribution in [2.24, 2.45) is 5.84 Å². The first-order chi connectivity index (χ1) is 7.19. The molecule has 0 aliphatic carbocycles. The molecule has 0 aliphatic rings. The summed E-state index contributed by atoms with van der Waals surface area (Å²) in [6, 6.07) is 4.78. The van der Waals surface area contributed by atoms with Crippen molar-refractivity contribution in [3.63, 3.8) is 0 Å². The third-order valence-corrected chi connectivity index (χ3v) is 2.39. The second-order valence-electron chi connectivity index (χ2n) is 3.24. The summed E-state index contributed by atoms with van der Waals surface area (Å²) in [7, 11) is 1.57. The number of hydrazine groups is 1. The van der Waals surface area contributed by atoms with Gasteiger partial charge in [0.05, 0.1) is 11.6 Å². The van der Waals surface area contributed by atoms with Crippen molar-refractivity contribution in [3.05, 3.63) is 34.6 Å². The van der Waals surface area contributed by atoms with Crippen LogP contribution in [0.4, 0.5) is 4.39 Å². The Labute approximate surface area is 93.3 Å². The fraction of sp³-hybridized carbons (Fsp3) is 0.400. The smallest absolute Gasteiger partial charge is 0.145 e. The number of benzene rings is 1. The normalized spacial score (nSPS) is 12.8. The summed E-state index contributed by atoms with van der Waals surface area (Å²) in [5.74, 6) is 4.92. The van der Waals surface area contributed by atoms with E-state index in [1.807, 2.05) is 0 Å². The molecule has 0 fully saturated rings. The van der Waals surface area contributed by atoms with Crippen molar-refractivity contribution in [1.82, 2.24) is 5.43 Å². The number of nitrogens with two attached hydrogens (primary N) is 1. The van der Waals surface area contributed by atoms with E-state index in [-0.39, 0.29) is 11.1 Å².